The van der Waals surface area contributed by atoms with Crippen molar-refractivity contribution < 1.29 is 24.3 Å². The molecule has 15 heteroatoms. The van der Waals surface area contributed by atoms with Gasteiger partial charge < -0.3 is 32.1 Å². The Kier molecular flexibility index (Phi) is 7.49. The maximum absolute atomic E-state index is 13.4. The van der Waals surface area contributed by atoms with Crippen LogP contribution >= 0.6 is 0 Å². The number of carbonyl (C=O) groups excluding carboxylic acids is 3. The lowest BCUT2D eigenvalue weighted by molar-refractivity contribution is -0.120. The predicted molar refractivity (Wildman–Crippen MR) is 164 cm³/mol. The Bertz CT molecular complexity index is 2130. The van der Waals surface area contributed by atoms with Gasteiger partial charge in [0.25, 0.3) is 22.7 Å². The SMILES string of the molecule is NC(=O)[C@H](NC(=O)c1cc(C(=O)NCc2ccc3c(c2)CN(c2c(N)c(=O)c2=O)CC3)n2ccnc2n1)c1ccc(C(=O)O)cc1. The largest absolute Gasteiger partial charge is 0.478 e. The summed E-state index contributed by atoms with van der Waals surface area (Å²) in [4.78, 5) is 83.7. The van der Waals surface area contributed by atoms with Crippen LogP contribution in [-0.4, -0.2) is 49.7 Å². The molecule has 0 saturated carbocycles. The first-order chi connectivity index (χ1) is 22.0. The van der Waals surface area contributed by atoms with E-state index in [0.29, 0.717) is 19.5 Å². The zero-order chi connectivity index (χ0) is 32.7. The molecule has 6 rings (SSSR count). The minimum absolute atomic E-state index is 0.0107. The molecule has 3 amide bonds. The van der Waals surface area contributed by atoms with Crippen LogP contribution in [0.5, 0.6) is 0 Å². The Morgan fingerprint density at radius 2 is 1.74 bits per heavy atom. The van der Waals surface area contributed by atoms with Gasteiger partial charge in [0.15, 0.2) is 0 Å². The average molecular weight is 623 g/mol. The van der Waals surface area contributed by atoms with E-state index >= 15 is 0 Å². The number of carbonyl (C=O) groups is 4. The molecular weight excluding hydrogens is 596 g/mol. The number of nitrogens with one attached hydrogen (secondary N) is 2. The Balaban J connectivity index is 1.18. The van der Waals surface area contributed by atoms with Crippen LogP contribution in [0, 0.1) is 0 Å². The second-order valence-corrected chi connectivity index (χ2v) is 10.7. The van der Waals surface area contributed by atoms with Crippen LogP contribution in [0.4, 0.5) is 11.4 Å². The molecule has 46 heavy (non-hydrogen) atoms. The van der Waals surface area contributed by atoms with Gasteiger partial charge in [0.1, 0.15) is 28.8 Å². The molecule has 0 fully saturated rings. The van der Waals surface area contributed by atoms with Crippen molar-refractivity contribution in [3.05, 3.63) is 121 Å². The lowest BCUT2D eigenvalue weighted by Crippen LogP contribution is -2.44. The van der Waals surface area contributed by atoms with Gasteiger partial charge in [-0.1, -0.05) is 30.3 Å². The maximum Gasteiger partial charge on any atom is 0.335 e. The average Bonchev–Trinajstić information content (AvgIpc) is 3.54. The number of carboxylic acid groups (broad SMARTS) is 1. The van der Waals surface area contributed by atoms with E-state index in [2.05, 4.69) is 20.6 Å². The van der Waals surface area contributed by atoms with Crippen LogP contribution in [0.25, 0.3) is 5.78 Å². The molecule has 0 aliphatic carbocycles. The summed E-state index contributed by atoms with van der Waals surface area (Å²) in [5.41, 5.74) is 13.1. The number of aromatic carboxylic acids is 1. The molecule has 2 aromatic heterocycles. The monoisotopic (exact) mass is 622 g/mol. The zero-order valence-corrected chi connectivity index (χ0v) is 24.0. The van der Waals surface area contributed by atoms with Crippen molar-refractivity contribution in [1.29, 1.82) is 0 Å². The summed E-state index contributed by atoms with van der Waals surface area (Å²) in [6.07, 6.45) is 3.58. The fourth-order valence-corrected chi connectivity index (χ4v) is 5.43. The highest BCUT2D eigenvalue weighted by Gasteiger charge is 2.27. The van der Waals surface area contributed by atoms with Gasteiger partial charge in [-0.15, -0.1) is 0 Å². The third kappa shape index (κ3) is 5.40. The van der Waals surface area contributed by atoms with Crippen LogP contribution in [0.3, 0.4) is 0 Å². The molecule has 0 saturated heterocycles. The van der Waals surface area contributed by atoms with E-state index in [4.69, 9.17) is 16.6 Å². The van der Waals surface area contributed by atoms with Crippen LogP contribution in [-0.2, 0) is 24.3 Å². The lowest BCUT2D eigenvalue weighted by atomic mass is 9.96. The molecule has 0 bridgehead atoms. The van der Waals surface area contributed by atoms with E-state index in [1.807, 2.05) is 18.2 Å². The van der Waals surface area contributed by atoms with E-state index in [-0.39, 0.29) is 46.2 Å². The highest BCUT2D eigenvalue weighted by Crippen LogP contribution is 2.26. The molecular formula is C31H26N8O7. The van der Waals surface area contributed by atoms with Crippen LogP contribution in [0.2, 0.25) is 0 Å². The number of imidazole rings is 1. The number of amides is 3. The smallest absolute Gasteiger partial charge is 0.335 e. The first kappa shape index (κ1) is 29.7. The van der Waals surface area contributed by atoms with E-state index in [1.165, 1.54) is 47.1 Å². The second-order valence-electron chi connectivity index (χ2n) is 10.7. The topological polar surface area (TPSA) is 232 Å². The van der Waals surface area contributed by atoms with Crippen molar-refractivity contribution in [2.45, 2.75) is 25.6 Å². The van der Waals surface area contributed by atoms with Gasteiger partial charge in [-0.2, -0.15) is 0 Å². The number of nitrogens with two attached hydrogens (primary N) is 2. The minimum atomic E-state index is -1.30. The van der Waals surface area contributed by atoms with Crippen LogP contribution in [0.1, 0.15) is 59.6 Å². The van der Waals surface area contributed by atoms with Crippen molar-refractivity contribution in [2.75, 3.05) is 17.2 Å². The number of carboxylic acids is 1. The van der Waals surface area contributed by atoms with Crippen molar-refractivity contribution in [1.82, 2.24) is 25.0 Å². The summed E-state index contributed by atoms with van der Waals surface area (Å²) in [6.45, 7) is 1.07. The highest BCUT2D eigenvalue weighted by atomic mass is 16.4. The summed E-state index contributed by atoms with van der Waals surface area (Å²) in [6, 6.07) is 11.0. The first-order valence-corrected chi connectivity index (χ1v) is 14.0. The van der Waals surface area contributed by atoms with Crippen molar-refractivity contribution >= 4 is 40.8 Å². The molecule has 3 aromatic carbocycles. The molecule has 1 aliphatic heterocycles. The van der Waals surface area contributed by atoms with Gasteiger partial charge in [0, 0.05) is 32.0 Å². The fraction of sp³-hybridized carbons (Fsp3) is 0.161. The Labute approximate surface area is 259 Å². The molecule has 15 nitrogen and oxygen atoms in total. The number of fused-ring (bicyclic) bond motifs is 2. The van der Waals surface area contributed by atoms with Gasteiger partial charge in [-0.25, -0.2) is 14.8 Å². The van der Waals surface area contributed by atoms with E-state index in [9.17, 15) is 28.8 Å². The molecule has 1 aliphatic rings. The molecule has 0 radical (unpaired) electrons. The quantitative estimate of drug-likeness (QED) is 0.138. The van der Waals surface area contributed by atoms with Gasteiger partial charge in [0.2, 0.25) is 11.7 Å². The number of aromatic nitrogens is 3. The number of hydrogen-bond acceptors (Lipinski definition) is 10. The van der Waals surface area contributed by atoms with Crippen molar-refractivity contribution in [3.8, 4) is 0 Å². The number of primary amides is 1. The summed E-state index contributed by atoms with van der Waals surface area (Å²) >= 11 is 0. The van der Waals surface area contributed by atoms with E-state index in [0.717, 1.165) is 16.7 Å². The van der Waals surface area contributed by atoms with Gasteiger partial charge in [-0.05, 0) is 46.9 Å². The number of rotatable bonds is 9. The Morgan fingerprint density at radius 3 is 2.43 bits per heavy atom. The van der Waals surface area contributed by atoms with E-state index in [1.54, 1.807) is 4.90 Å². The third-order valence-corrected chi connectivity index (χ3v) is 7.86. The number of nitrogen functional groups attached to an aromatic ring is 1. The molecule has 0 spiro atoms. The molecule has 3 heterocycles. The van der Waals surface area contributed by atoms with Gasteiger partial charge >= 0.3 is 5.97 Å². The molecule has 0 unspecified atom stereocenters. The number of nitrogens with zero attached hydrogens (tertiary/aromatic N) is 4. The summed E-state index contributed by atoms with van der Waals surface area (Å²) in [7, 11) is 0. The summed E-state index contributed by atoms with van der Waals surface area (Å²) in [5.74, 6) is -3.34. The summed E-state index contributed by atoms with van der Waals surface area (Å²) in [5, 5.41) is 14.5. The second kappa shape index (κ2) is 11.6. The minimum Gasteiger partial charge on any atom is -0.478 e. The third-order valence-electron chi connectivity index (χ3n) is 7.86. The summed E-state index contributed by atoms with van der Waals surface area (Å²) < 4.78 is 1.40. The first-order valence-electron chi connectivity index (χ1n) is 14.0. The van der Waals surface area contributed by atoms with E-state index < -0.39 is 40.6 Å². The lowest BCUT2D eigenvalue weighted by Gasteiger charge is -2.32. The molecule has 7 N–H and O–H groups in total. The fourth-order valence-electron chi connectivity index (χ4n) is 5.43. The Hall–Kier alpha value is -6.38. The normalized spacial score (nSPS) is 13.3. The van der Waals surface area contributed by atoms with Crippen molar-refractivity contribution in [2.24, 2.45) is 5.73 Å². The van der Waals surface area contributed by atoms with Gasteiger partial charge in [-0.3, -0.25) is 28.4 Å². The maximum atomic E-state index is 13.4. The van der Waals surface area contributed by atoms with Crippen molar-refractivity contribution in [3.63, 3.8) is 0 Å². The standard InChI is InChI=1S/C31H26N8O7/c32-22-24(26(41)25(22)40)38-9-7-16-2-1-15(11-19(16)14-38)13-35-29(44)21-12-20(36-31-34-8-10-39(21)31)28(43)37-23(27(33)42)17-3-5-18(6-4-17)30(45)46/h1-6,8,10-12,23H,7,9,13-14,32H2,(H2,33,42)(H,35,44)(H,37,43)(H,45,46)/t23-/m1/s1. The van der Waals surface area contributed by atoms with Crippen LogP contribution in [0.15, 0.2) is 70.5 Å². The molecule has 1 atom stereocenters. The molecule has 232 valence electrons. The Morgan fingerprint density at radius 1 is 0.978 bits per heavy atom. The zero-order valence-electron chi connectivity index (χ0n) is 24.0. The van der Waals surface area contributed by atoms with Crippen LogP contribution < -0.4 is 37.9 Å². The number of hydrogen-bond donors (Lipinski definition) is 5. The number of anilines is 2. The number of benzene rings is 2. The predicted octanol–water partition coefficient (Wildman–Crippen LogP) is 0.0548. The highest BCUT2D eigenvalue weighted by molar-refractivity contribution is 6.00. The van der Waals surface area contributed by atoms with Gasteiger partial charge in [0.05, 0.1) is 5.56 Å². The molecule has 5 aromatic rings.